The van der Waals surface area contributed by atoms with Crippen molar-refractivity contribution in [3.05, 3.63) is 0 Å². The lowest BCUT2D eigenvalue weighted by molar-refractivity contribution is -0.142. The van der Waals surface area contributed by atoms with Gasteiger partial charge in [0, 0.05) is 13.0 Å². The quantitative estimate of drug-likeness (QED) is 0.444. The number of unbranched alkanes of at least 4 members (excludes halogenated alkanes) is 1. The maximum atomic E-state index is 11.6. The Bertz CT molecular complexity index is 350. The van der Waals surface area contributed by atoms with Gasteiger partial charge in [-0.1, -0.05) is 13.3 Å². The minimum Gasteiger partial charge on any atom is -0.480 e. The number of carbonyl (C=O) groups is 3. The fraction of sp³-hybridized carbons (Fsp3) is 0.769. The van der Waals surface area contributed by atoms with Crippen LogP contribution in [-0.2, 0) is 14.4 Å². The third kappa shape index (κ3) is 7.73. The first-order valence-corrected chi connectivity index (χ1v) is 6.77. The Morgan fingerprint density at radius 3 is 2.35 bits per heavy atom. The number of carboxylic acids is 1. The first-order valence-electron chi connectivity index (χ1n) is 6.77. The fourth-order valence-electron chi connectivity index (χ4n) is 1.37. The number of carboxylic acid groups (broad SMARTS) is 1. The Morgan fingerprint density at radius 2 is 1.90 bits per heavy atom. The molecule has 0 bridgehead atoms. The summed E-state index contributed by atoms with van der Waals surface area (Å²) in [5, 5.41) is 14.1. The second-order valence-corrected chi connectivity index (χ2v) is 5.33. The molecule has 0 aromatic heterocycles. The molecule has 116 valence electrons. The minimum atomic E-state index is -1.18. The standard InChI is InChI=1S/C13H25N3O4/c1-4-5-8-15-10(17)7-6-9(11(18)19)16-12(20)13(2,3)14/h9H,4-8,14H2,1-3H3,(H,15,17)(H,16,20)(H,18,19)/t9-/m0/s1. The Labute approximate surface area is 119 Å². The minimum absolute atomic E-state index is 0.0368. The fourth-order valence-corrected chi connectivity index (χ4v) is 1.37. The highest BCUT2D eigenvalue weighted by Gasteiger charge is 2.27. The topological polar surface area (TPSA) is 122 Å². The van der Waals surface area contributed by atoms with Crippen molar-refractivity contribution in [2.75, 3.05) is 6.54 Å². The normalized spacial score (nSPS) is 12.6. The van der Waals surface area contributed by atoms with E-state index in [-0.39, 0.29) is 18.7 Å². The lowest BCUT2D eigenvalue weighted by Gasteiger charge is -2.21. The van der Waals surface area contributed by atoms with E-state index in [1.807, 2.05) is 6.92 Å². The van der Waals surface area contributed by atoms with Crippen LogP contribution < -0.4 is 16.4 Å². The monoisotopic (exact) mass is 287 g/mol. The van der Waals surface area contributed by atoms with Gasteiger partial charge in [-0.25, -0.2) is 4.79 Å². The van der Waals surface area contributed by atoms with Gasteiger partial charge in [-0.05, 0) is 26.7 Å². The summed E-state index contributed by atoms with van der Waals surface area (Å²) in [5.41, 5.74) is 4.42. The van der Waals surface area contributed by atoms with Gasteiger partial charge < -0.3 is 21.5 Å². The van der Waals surface area contributed by atoms with Crippen LogP contribution in [0.4, 0.5) is 0 Å². The number of rotatable bonds is 9. The Hall–Kier alpha value is -1.63. The summed E-state index contributed by atoms with van der Waals surface area (Å²) in [6.45, 7) is 5.56. The third-order valence-electron chi connectivity index (χ3n) is 2.70. The van der Waals surface area contributed by atoms with E-state index < -0.39 is 23.5 Å². The lowest BCUT2D eigenvalue weighted by Crippen LogP contribution is -2.54. The van der Waals surface area contributed by atoms with Gasteiger partial charge in [-0.3, -0.25) is 9.59 Å². The molecule has 0 fully saturated rings. The van der Waals surface area contributed by atoms with Crippen molar-refractivity contribution in [2.45, 2.75) is 58.0 Å². The molecular weight excluding hydrogens is 262 g/mol. The molecule has 0 rings (SSSR count). The molecule has 0 aromatic carbocycles. The Kier molecular flexibility index (Phi) is 7.83. The van der Waals surface area contributed by atoms with E-state index in [1.165, 1.54) is 13.8 Å². The average molecular weight is 287 g/mol. The van der Waals surface area contributed by atoms with Gasteiger partial charge in [0.2, 0.25) is 11.8 Å². The van der Waals surface area contributed by atoms with Crippen molar-refractivity contribution < 1.29 is 19.5 Å². The van der Waals surface area contributed by atoms with Gasteiger partial charge in [0.15, 0.2) is 0 Å². The van der Waals surface area contributed by atoms with Crippen molar-refractivity contribution in [3.63, 3.8) is 0 Å². The van der Waals surface area contributed by atoms with E-state index in [9.17, 15) is 14.4 Å². The summed E-state index contributed by atoms with van der Waals surface area (Å²) in [7, 11) is 0. The van der Waals surface area contributed by atoms with Crippen LogP contribution in [0, 0.1) is 0 Å². The number of carbonyl (C=O) groups excluding carboxylic acids is 2. The molecule has 0 aromatic rings. The molecule has 0 aliphatic rings. The smallest absolute Gasteiger partial charge is 0.326 e. The maximum absolute atomic E-state index is 11.6. The number of nitrogens with one attached hydrogen (secondary N) is 2. The molecule has 2 amide bonds. The average Bonchev–Trinajstić information content (AvgIpc) is 2.32. The SMILES string of the molecule is CCCCNC(=O)CC[C@H](NC(=O)C(C)(C)N)C(=O)O. The molecule has 0 aliphatic carbocycles. The number of hydrogen-bond acceptors (Lipinski definition) is 4. The van der Waals surface area contributed by atoms with Crippen molar-refractivity contribution >= 4 is 17.8 Å². The van der Waals surface area contributed by atoms with E-state index in [1.54, 1.807) is 0 Å². The summed E-state index contributed by atoms with van der Waals surface area (Å²) < 4.78 is 0. The molecule has 1 atom stereocenters. The highest BCUT2D eigenvalue weighted by Crippen LogP contribution is 2.02. The zero-order valence-corrected chi connectivity index (χ0v) is 12.4. The molecular formula is C13H25N3O4. The number of amides is 2. The van der Waals surface area contributed by atoms with Gasteiger partial charge >= 0.3 is 5.97 Å². The van der Waals surface area contributed by atoms with Gasteiger partial charge in [0.1, 0.15) is 6.04 Å². The number of aliphatic carboxylic acids is 1. The Balaban J connectivity index is 4.26. The number of hydrogen-bond donors (Lipinski definition) is 4. The lowest BCUT2D eigenvalue weighted by atomic mass is 10.0. The van der Waals surface area contributed by atoms with Crippen LogP contribution >= 0.6 is 0 Å². The highest BCUT2D eigenvalue weighted by molar-refractivity contribution is 5.89. The van der Waals surface area contributed by atoms with Gasteiger partial charge in [0.05, 0.1) is 5.54 Å². The van der Waals surface area contributed by atoms with Gasteiger partial charge in [-0.15, -0.1) is 0 Å². The van der Waals surface area contributed by atoms with Crippen LogP contribution in [0.5, 0.6) is 0 Å². The molecule has 0 unspecified atom stereocenters. The molecule has 0 saturated carbocycles. The van der Waals surface area contributed by atoms with E-state index >= 15 is 0 Å². The molecule has 5 N–H and O–H groups in total. The van der Waals surface area contributed by atoms with Crippen LogP contribution in [0.1, 0.15) is 46.5 Å². The van der Waals surface area contributed by atoms with E-state index in [0.29, 0.717) is 6.54 Å². The second-order valence-electron chi connectivity index (χ2n) is 5.33. The van der Waals surface area contributed by atoms with Gasteiger partial charge in [0.25, 0.3) is 0 Å². The van der Waals surface area contributed by atoms with E-state index in [0.717, 1.165) is 12.8 Å². The first kappa shape index (κ1) is 18.4. The second kappa shape index (κ2) is 8.52. The highest BCUT2D eigenvalue weighted by atomic mass is 16.4. The summed E-state index contributed by atoms with van der Waals surface area (Å²) in [4.78, 5) is 34.2. The van der Waals surface area contributed by atoms with Crippen LogP contribution in [0.15, 0.2) is 0 Å². The van der Waals surface area contributed by atoms with Crippen molar-refractivity contribution in [1.82, 2.24) is 10.6 Å². The maximum Gasteiger partial charge on any atom is 0.326 e. The zero-order valence-electron chi connectivity index (χ0n) is 12.4. The zero-order chi connectivity index (χ0) is 15.8. The van der Waals surface area contributed by atoms with E-state index in [2.05, 4.69) is 10.6 Å². The van der Waals surface area contributed by atoms with Crippen molar-refractivity contribution in [1.29, 1.82) is 0 Å². The summed E-state index contributed by atoms with van der Waals surface area (Å²) in [5.74, 6) is -1.95. The third-order valence-corrected chi connectivity index (χ3v) is 2.70. The summed E-state index contributed by atoms with van der Waals surface area (Å²) in [6.07, 6.45) is 1.94. The molecule has 0 heterocycles. The predicted octanol–water partition coefficient (Wildman–Crippen LogP) is -0.0104. The van der Waals surface area contributed by atoms with Gasteiger partial charge in [-0.2, -0.15) is 0 Å². The van der Waals surface area contributed by atoms with E-state index in [4.69, 9.17) is 10.8 Å². The molecule has 0 radical (unpaired) electrons. The summed E-state index contributed by atoms with van der Waals surface area (Å²) in [6, 6.07) is -1.11. The molecule has 0 spiro atoms. The largest absolute Gasteiger partial charge is 0.480 e. The number of nitrogens with two attached hydrogens (primary N) is 1. The van der Waals surface area contributed by atoms with Crippen LogP contribution in [0.25, 0.3) is 0 Å². The molecule has 7 heteroatoms. The predicted molar refractivity (Wildman–Crippen MR) is 75.0 cm³/mol. The molecule has 0 aliphatic heterocycles. The summed E-state index contributed by atoms with van der Waals surface area (Å²) >= 11 is 0. The first-order chi connectivity index (χ1) is 9.18. The van der Waals surface area contributed by atoms with Crippen LogP contribution in [0.3, 0.4) is 0 Å². The van der Waals surface area contributed by atoms with Crippen LogP contribution in [0.2, 0.25) is 0 Å². The molecule has 7 nitrogen and oxygen atoms in total. The Morgan fingerprint density at radius 1 is 1.30 bits per heavy atom. The molecule has 20 heavy (non-hydrogen) atoms. The van der Waals surface area contributed by atoms with Crippen molar-refractivity contribution in [2.24, 2.45) is 5.73 Å². The molecule has 0 saturated heterocycles. The van der Waals surface area contributed by atoms with Crippen LogP contribution in [-0.4, -0.2) is 41.0 Å². The van der Waals surface area contributed by atoms with Crippen molar-refractivity contribution in [3.8, 4) is 0 Å².